The summed E-state index contributed by atoms with van der Waals surface area (Å²) in [5, 5.41) is 3.00. The van der Waals surface area contributed by atoms with Crippen LogP contribution in [-0.2, 0) is 6.18 Å². The van der Waals surface area contributed by atoms with Crippen LogP contribution in [-0.4, -0.2) is 16.5 Å². The molecule has 0 amide bonds. The molecule has 0 bridgehead atoms. The first-order valence-corrected chi connectivity index (χ1v) is 6.58. The Morgan fingerprint density at radius 2 is 1.86 bits per heavy atom. The van der Waals surface area contributed by atoms with Crippen molar-refractivity contribution >= 4 is 5.95 Å². The lowest BCUT2D eigenvalue weighted by Crippen LogP contribution is -2.06. The number of anilines is 1. The molecule has 21 heavy (non-hydrogen) atoms. The molecule has 0 unspecified atom stereocenters. The van der Waals surface area contributed by atoms with Crippen LogP contribution >= 0.6 is 0 Å². The number of hydrogen-bond donors (Lipinski definition) is 1. The van der Waals surface area contributed by atoms with Crippen LogP contribution in [0.4, 0.5) is 19.1 Å². The molecule has 2 aromatic rings. The first kappa shape index (κ1) is 15.3. The molecule has 0 saturated carbocycles. The van der Waals surface area contributed by atoms with Gasteiger partial charge < -0.3 is 5.32 Å². The summed E-state index contributed by atoms with van der Waals surface area (Å²) >= 11 is 0. The molecule has 1 aromatic heterocycles. The van der Waals surface area contributed by atoms with E-state index in [9.17, 15) is 13.2 Å². The molecule has 0 aliphatic rings. The van der Waals surface area contributed by atoms with Gasteiger partial charge in [0, 0.05) is 18.3 Å². The average Bonchev–Trinajstić information content (AvgIpc) is 2.40. The highest BCUT2D eigenvalue weighted by Gasteiger charge is 2.30. The van der Waals surface area contributed by atoms with Gasteiger partial charge in [-0.25, -0.2) is 9.97 Å². The van der Waals surface area contributed by atoms with Gasteiger partial charge in [-0.15, -0.1) is 0 Å². The van der Waals surface area contributed by atoms with Gasteiger partial charge in [-0.1, -0.05) is 6.07 Å². The van der Waals surface area contributed by atoms with Crippen molar-refractivity contribution < 1.29 is 13.2 Å². The summed E-state index contributed by atoms with van der Waals surface area (Å²) < 4.78 is 38.1. The number of nitrogens with one attached hydrogen (secondary N) is 1. The number of halogens is 3. The molecule has 3 nitrogen and oxygen atoms in total. The number of aromatic nitrogens is 2. The lowest BCUT2D eigenvalue weighted by Gasteiger charge is -2.13. The molecule has 0 radical (unpaired) electrons. The maximum Gasteiger partial charge on any atom is 0.416 e. The van der Waals surface area contributed by atoms with Crippen molar-refractivity contribution in [3.63, 3.8) is 0 Å². The number of aryl methyl sites for hydroxylation is 2. The van der Waals surface area contributed by atoms with Crippen LogP contribution in [0.25, 0.3) is 11.3 Å². The molecule has 0 atom stereocenters. The zero-order valence-electron chi connectivity index (χ0n) is 12.0. The molecule has 0 saturated heterocycles. The van der Waals surface area contributed by atoms with Gasteiger partial charge in [-0.3, -0.25) is 0 Å². The molecule has 1 N–H and O–H groups in total. The van der Waals surface area contributed by atoms with Crippen LogP contribution in [0.5, 0.6) is 0 Å². The third-order valence-corrected chi connectivity index (χ3v) is 3.12. The van der Waals surface area contributed by atoms with E-state index in [1.54, 1.807) is 13.1 Å². The summed E-state index contributed by atoms with van der Waals surface area (Å²) in [4.78, 5) is 8.52. The summed E-state index contributed by atoms with van der Waals surface area (Å²) in [7, 11) is 0. The smallest absolute Gasteiger partial charge is 0.354 e. The van der Waals surface area contributed by atoms with E-state index in [1.165, 1.54) is 6.07 Å². The Labute approximate surface area is 121 Å². The van der Waals surface area contributed by atoms with Gasteiger partial charge in [-0.05, 0) is 44.0 Å². The van der Waals surface area contributed by atoms with Crippen molar-refractivity contribution in [2.75, 3.05) is 11.9 Å². The fourth-order valence-corrected chi connectivity index (χ4v) is 2.06. The molecule has 0 spiro atoms. The first-order valence-electron chi connectivity index (χ1n) is 6.58. The molecule has 112 valence electrons. The average molecular weight is 295 g/mol. The van der Waals surface area contributed by atoms with Gasteiger partial charge in [0.25, 0.3) is 0 Å². The molecule has 6 heteroatoms. The van der Waals surface area contributed by atoms with E-state index in [-0.39, 0.29) is 0 Å². The summed E-state index contributed by atoms with van der Waals surface area (Å²) in [6, 6.07) is 3.68. The largest absolute Gasteiger partial charge is 0.416 e. The van der Waals surface area contributed by atoms with Gasteiger partial charge >= 0.3 is 6.18 Å². The fourth-order valence-electron chi connectivity index (χ4n) is 2.06. The second-order valence-corrected chi connectivity index (χ2v) is 4.78. The minimum atomic E-state index is -4.33. The monoisotopic (exact) mass is 295 g/mol. The second-order valence-electron chi connectivity index (χ2n) is 4.78. The van der Waals surface area contributed by atoms with Gasteiger partial charge in [0.05, 0.1) is 11.3 Å². The van der Waals surface area contributed by atoms with Gasteiger partial charge in [-0.2, -0.15) is 13.2 Å². The lowest BCUT2D eigenvalue weighted by atomic mass is 10.00. The second kappa shape index (κ2) is 5.71. The van der Waals surface area contributed by atoms with Crippen LogP contribution in [0.3, 0.4) is 0 Å². The fraction of sp³-hybridized carbons (Fsp3) is 0.333. The Bertz CT molecular complexity index is 651. The van der Waals surface area contributed by atoms with Crippen molar-refractivity contribution in [3.8, 4) is 11.3 Å². The van der Waals surface area contributed by atoms with Crippen molar-refractivity contribution in [3.05, 3.63) is 41.1 Å². The third-order valence-electron chi connectivity index (χ3n) is 3.12. The van der Waals surface area contributed by atoms with Crippen molar-refractivity contribution in [2.24, 2.45) is 0 Å². The predicted octanol–water partition coefficient (Wildman–Crippen LogP) is 4.21. The molecule has 2 rings (SSSR count). The highest BCUT2D eigenvalue weighted by molar-refractivity contribution is 5.67. The minimum Gasteiger partial charge on any atom is -0.354 e. The summed E-state index contributed by atoms with van der Waals surface area (Å²) in [6.07, 6.45) is -2.67. The summed E-state index contributed by atoms with van der Waals surface area (Å²) in [6.45, 7) is 6.09. The van der Waals surface area contributed by atoms with Crippen LogP contribution < -0.4 is 5.32 Å². The summed E-state index contributed by atoms with van der Waals surface area (Å²) in [5.74, 6) is 0.470. The van der Waals surface area contributed by atoms with E-state index in [1.807, 2.05) is 13.8 Å². The first-order chi connectivity index (χ1) is 9.82. The minimum absolute atomic E-state index is 0.470. The topological polar surface area (TPSA) is 37.8 Å². The molecule has 1 aromatic carbocycles. The van der Waals surface area contributed by atoms with Crippen LogP contribution in [0.1, 0.15) is 23.6 Å². The zero-order valence-corrected chi connectivity index (χ0v) is 12.0. The van der Waals surface area contributed by atoms with E-state index in [4.69, 9.17) is 0 Å². The number of rotatable bonds is 3. The van der Waals surface area contributed by atoms with Gasteiger partial charge in [0.1, 0.15) is 0 Å². The molecule has 0 fully saturated rings. The Morgan fingerprint density at radius 3 is 2.43 bits per heavy atom. The maximum absolute atomic E-state index is 12.7. The number of benzene rings is 1. The molecular formula is C15H16F3N3. The Kier molecular flexibility index (Phi) is 4.16. The van der Waals surface area contributed by atoms with Crippen molar-refractivity contribution in [1.82, 2.24) is 9.97 Å². The normalized spacial score (nSPS) is 11.5. The molecule has 0 aliphatic carbocycles. The molecule has 0 aliphatic heterocycles. The Balaban J connectivity index is 2.49. The quantitative estimate of drug-likeness (QED) is 0.921. The molecular weight excluding hydrogens is 279 g/mol. The van der Waals surface area contributed by atoms with E-state index in [0.29, 0.717) is 29.3 Å². The van der Waals surface area contributed by atoms with Crippen molar-refractivity contribution in [1.29, 1.82) is 0 Å². The van der Waals surface area contributed by atoms with E-state index in [0.717, 1.165) is 17.7 Å². The van der Waals surface area contributed by atoms with Gasteiger partial charge in [0.2, 0.25) is 5.95 Å². The van der Waals surface area contributed by atoms with E-state index >= 15 is 0 Å². The molecule has 1 heterocycles. The van der Waals surface area contributed by atoms with Crippen LogP contribution in [0.2, 0.25) is 0 Å². The summed E-state index contributed by atoms with van der Waals surface area (Å²) in [5.41, 5.74) is 2.03. The van der Waals surface area contributed by atoms with E-state index in [2.05, 4.69) is 15.3 Å². The van der Waals surface area contributed by atoms with Crippen LogP contribution in [0.15, 0.2) is 24.4 Å². The standard InChI is InChI=1S/C15H16F3N3/c1-4-19-14-20-8-10(3)13(21-14)12-6-5-11(7-9(12)2)15(16,17)18/h5-8H,4H2,1-3H3,(H,19,20,21). The Morgan fingerprint density at radius 1 is 1.14 bits per heavy atom. The maximum atomic E-state index is 12.7. The van der Waals surface area contributed by atoms with Crippen molar-refractivity contribution in [2.45, 2.75) is 26.9 Å². The van der Waals surface area contributed by atoms with E-state index < -0.39 is 11.7 Å². The number of nitrogens with zero attached hydrogens (tertiary/aromatic N) is 2. The Hall–Kier alpha value is -2.11. The SMILES string of the molecule is CCNc1ncc(C)c(-c2ccc(C(F)(F)F)cc2C)n1. The van der Waals surface area contributed by atoms with Gasteiger partial charge in [0.15, 0.2) is 0 Å². The third kappa shape index (κ3) is 3.32. The highest BCUT2D eigenvalue weighted by Crippen LogP contribution is 2.33. The van der Waals surface area contributed by atoms with Crippen LogP contribution in [0, 0.1) is 13.8 Å². The number of hydrogen-bond acceptors (Lipinski definition) is 3. The zero-order chi connectivity index (χ0) is 15.6. The lowest BCUT2D eigenvalue weighted by molar-refractivity contribution is -0.137. The number of alkyl halides is 3. The highest BCUT2D eigenvalue weighted by atomic mass is 19.4. The predicted molar refractivity (Wildman–Crippen MR) is 76.1 cm³/mol.